The molecule has 0 unspecified atom stereocenters. The molecule has 1 aromatic heterocycles. The SMILES string of the molecule is CCc1ncc(CNc2ccc(S(N)(=O)=O)cc2Br)s1. The average molecular weight is 376 g/mol. The molecule has 8 heteroatoms. The number of hydrogen-bond acceptors (Lipinski definition) is 5. The Morgan fingerprint density at radius 3 is 2.75 bits per heavy atom. The molecule has 0 fully saturated rings. The van der Waals surface area contributed by atoms with Crippen LogP contribution in [0.15, 0.2) is 33.8 Å². The number of primary sulfonamides is 1. The van der Waals surface area contributed by atoms with E-state index >= 15 is 0 Å². The molecule has 0 aliphatic rings. The lowest BCUT2D eigenvalue weighted by atomic mass is 10.3. The first-order chi connectivity index (χ1) is 9.40. The van der Waals surface area contributed by atoms with Gasteiger partial charge >= 0.3 is 0 Å². The quantitative estimate of drug-likeness (QED) is 0.840. The maximum atomic E-state index is 11.2. The highest BCUT2D eigenvalue weighted by Crippen LogP contribution is 2.26. The second-order valence-corrected chi connectivity index (χ2v) is 7.73. The molecule has 0 spiro atoms. The molecule has 0 amide bonds. The van der Waals surface area contributed by atoms with Crippen LogP contribution in [0.4, 0.5) is 5.69 Å². The molecule has 2 aromatic rings. The van der Waals surface area contributed by atoms with Crippen LogP contribution >= 0.6 is 27.3 Å². The number of thiazole rings is 1. The fraction of sp³-hybridized carbons (Fsp3) is 0.250. The minimum absolute atomic E-state index is 0.0842. The highest BCUT2D eigenvalue weighted by atomic mass is 79.9. The molecule has 108 valence electrons. The smallest absolute Gasteiger partial charge is 0.238 e. The van der Waals surface area contributed by atoms with Gasteiger partial charge in [-0.05, 0) is 40.5 Å². The lowest BCUT2D eigenvalue weighted by Crippen LogP contribution is -2.12. The summed E-state index contributed by atoms with van der Waals surface area (Å²) in [4.78, 5) is 5.50. The average Bonchev–Trinajstić information content (AvgIpc) is 2.84. The first-order valence-electron chi connectivity index (χ1n) is 5.90. The van der Waals surface area contributed by atoms with E-state index < -0.39 is 10.0 Å². The summed E-state index contributed by atoms with van der Waals surface area (Å²) in [7, 11) is -3.67. The van der Waals surface area contributed by atoms with E-state index in [1.165, 1.54) is 12.1 Å². The predicted molar refractivity (Wildman–Crippen MR) is 84.3 cm³/mol. The van der Waals surface area contributed by atoms with Gasteiger partial charge in [-0.1, -0.05) is 6.92 Å². The molecule has 1 aromatic carbocycles. The van der Waals surface area contributed by atoms with Gasteiger partial charge in [0.25, 0.3) is 0 Å². The largest absolute Gasteiger partial charge is 0.379 e. The van der Waals surface area contributed by atoms with Crippen LogP contribution < -0.4 is 10.5 Å². The van der Waals surface area contributed by atoms with Crippen LogP contribution in [0.1, 0.15) is 16.8 Å². The summed E-state index contributed by atoms with van der Waals surface area (Å²) in [6.07, 6.45) is 2.78. The molecule has 0 aliphatic heterocycles. The molecule has 0 saturated heterocycles. The number of nitrogens with one attached hydrogen (secondary N) is 1. The summed E-state index contributed by atoms with van der Waals surface area (Å²) in [5.41, 5.74) is 0.809. The zero-order valence-corrected chi connectivity index (χ0v) is 14.0. The van der Waals surface area contributed by atoms with Crippen molar-refractivity contribution >= 4 is 43.0 Å². The predicted octanol–water partition coefficient (Wildman–Crippen LogP) is 2.73. The van der Waals surface area contributed by atoms with Gasteiger partial charge in [-0.2, -0.15) is 0 Å². The second-order valence-electron chi connectivity index (χ2n) is 4.11. The van der Waals surface area contributed by atoms with Gasteiger partial charge in [0, 0.05) is 21.2 Å². The van der Waals surface area contributed by atoms with Gasteiger partial charge in [0.15, 0.2) is 0 Å². The normalized spacial score (nSPS) is 11.6. The Balaban J connectivity index is 2.10. The summed E-state index contributed by atoms with van der Waals surface area (Å²) in [5, 5.41) is 9.42. The van der Waals surface area contributed by atoms with Crippen molar-refractivity contribution in [1.82, 2.24) is 4.98 Å². The van der Waals surface area contributed by atoms with E-state index in [1.807, 2.05) is 6.20 Å². The Morgan fingerprint density at radius 1 is 1.45 bits per heavy atom. The van der Waals surface area contributed by atoms with Gasteiger partial charge in [-0.25, -0.2) is 18.5 Å². The van der Waals surface area contributed by atoms with Crippen LogP contribution in [0.25, 0.3) is 0 Å². The van der Waals surface area contributed by atoms with Crippen molar-refractivity contribution in [2.45, 2.75) is 24.8 Å². The van der Waals surface area contributed by atoms with Gasteiger partial charge in [0.2, 0.25) is 10.0 Å². The lowest BCUT2D eigenvalue weighted by molar-refractivity contribution is 0.598. The Kier molecular flexibility index (Phi) is 4.79. The van der Waals surface area contributed by atoms with Gasteiger partial charge in [0.1, 0.15) is 0 Å². The molecule has 0 bridgehead atoms. The molecular formula is C12H14BrN3O2S2. The maximum absolute atomic E-state index is 11.2. The molecular weight excluding hydrogens is 362 g/mol. The van der Waals surface area contributed by atoms with Crippen molar-refractivity contribution in [3.8, 4) is 0 Å². The molecule has 2 rings (SSSR count). The molecule has 0 aliphatic carbocycles. The van der Waals surface area contributed by atoms with E-state index in [1.54, 1.807) is 17.4 Å². The summed E-state index contributed by atoms with van der Waals surface area (Å²) in [5.74, 6) is 0. The van der Waals surface area contributed by atoms with Gasteiger partial charge in [-0.3, -0.25) is 0 Å². The zero-order chi connectivity index (χ0) is 14.8. The maximum Gasteiger partial charge on any atom is 0.238 e. The minimum atomic E-state index is -3.67. The first kappa shape index (κ1) is 15.4. The van der Waals surface area contributed by atoms with Gasteiger partial charge in [0.05, 0.1) is 16.4 Å². The molecule has 0 saturated carbocycles. The molecule has 5 nitrogen and oxygen atoms in total. The van der Waals surface area contributed by atoms with Crippen molar-refractivity contribution in [2.24, 2.45) is 5.14 Å². The standard InChI is InChI=1S/C12H14BrN3O2S2/c1-2-12-16-7-8(19-12)6-15-11-4-3-9(5-10(11)13)20(14,17)18/h3-5,7,15H,2,6H2,1H3,(H2,14,17,18). The van der Waals surface area contributed by atoms with E-state index in [9.17, 15) is 8.42 Å². The highest BCUT2D eigenvalue weighted by molar-refractivity contribution is 9.10. The first-order valence-corrected chi connectivity index (χ1v) is 9.05. The summed E-state index contributed by atoms with van der Waals surface area (Å²) in [6, 6.07) is 4.65. The van der Waals surface area contributed by atoms with Crippen molar-refractivity contribution in [2.75, 3.05) is 5.32 Å². The number of anilines is 1. The van der Waals surface area contributed by atoms with Gasteiger partial charge < -0.3 is 5.32 Å². The number of benzene rings is 1. The van der Waals surface area contributed by atoms with Crippen LogP contribution in [-0.4, -0.2) is 13.4 Å². The molecule has 20 heavy (non-hydrogen) atoms. The molecule has 1 heterocycles. The Morgan fingerprint density at radius 2 is 2.20 bits per heavy atom. The number of sulfonamides is 1. The fourth-order valence-electron chi connectivity index (χ4n) is 1.59. The Hall–Kier alpha value is -0.960. The van der Waals surface area contributed by atoms with Crippen LogP contribution in [0.3, 0.4) is 0 Å². The summed E-state index contributed by atoms with van der Waals surface area (Å²) < 4.78 is 23.1. The van der Waals surface area contributed by atoms with E-state index in [2.05, 4.69) is 33.2 Å². The Labute approximate surface area is 130 Å². The number of aryl methyl sites for hydroxylation is 1. The third kappa shape index (κ3) is 3.78. The minimum Gasteiger partial charge on any atom is -0.379 e. The molecule has 0 radical (unpaired) electrons. The number of nitrogens with two attached hydrogens (primary N) is 1. The number of hydrogen-bond donors (Lipinski definition) is 2. The van der Waals surface area contributed by atoms with Gasteiger partial charge in [-0.15, -0.1) is 11.3 Å². The van der Waals surface area contributed by atoms with Crippen molar-refractivity contribution in [3.63, 3.8) is 0 Å². The van der Waals surface area contributed by atoms with Crippen LogP contribution in [-0.2, 0) is 23.0 Å². The third-order valence-electron chi connectivity index (χ3n) is 2.63. The topological polar surface area (TPSA) is 85.1 Å². The second kappa shape index (κ2) is 6.21. The third-order valence-corrected chi connectivity index (χ3v) is 5.33. The van der Waals surface area contributed by atoms with E-state index in [4.69, 9.17) is 5.14 Å². The lowest BCUT2D eigenvalue weighted by Gasteiger charge is -2.08. The Bertz CT molecular complexity index is 713. The molecule has 0 atom stereocenters. The van der Waals surface area contributed by atoms with Crippen molar-refractivity contribution < 1.29 is 8.42 Å². The van der Waals surface area contributed by atoms with Crippen LogP contribution in [0, 0.1) is 0 Å². The van der Waals surface area contributed by atoms with Crippen molar-refractivity contribution in [1.29, 1.82) is 0 Å². The monoisotopic (exact) mass is 375 g/mol. The van der Waals surface area contributed by atoms with E-state index in [0.717, 1.165) is 22.0 Å². The van der Waals surface area contributed by atoms with Crippen LogP contribution in [0.5, 0.6) is 0 Å². The van der Waals surface area contributed by atoms with E-state index in [-0.39, 0.29) is 4.90 Å². The number of nitrogens with zero attached hydrogens (tertiary/aromatic N) is 1. The summed E-state index contributed by atoms with van der Waals surface area (Å²) >= 11 is 5.00. The summed E-state index contributed by atoms with van der Waals surface area (Å²) in [6.45, 7) is 2.71. The number of halogens is 1. The fourth-order valence-corrected chi connectivity index (χ4v) is 3.60. The van der Waals surface area contributed by atoms with E-state index in [0.29, 0.717) is 11.0 Å². The molecule has 3 N–H and O–H groups in total. The number of aromatic nitrogens is 1. The van der Waals surface area contributed by atoms with Crippen LogP contribution in [0.2, 0.25) is 0 Å². The highest BCUT2D eigenvalue weighted by Gasteiger charge is 2.10. The number of rotatable bonds is 5. The van der Waals surface area contributed by atoms with Crippen molar-refractivity contribution in [3.05, 3.63) is 38.8 Å². The zero-order valence-electron chi connectivity index (χ0n) is 10.8.